The van der Waals surface area contributed by atoms with Crippen LogP contribution in [0.3, 0.4) is 0 Å². The standard InChI is InChI=1S/C32H32F3N3O4S2/c1-31(2,3)19-12-10-18(11-13-19)23-24-25(28(41)38(27(24)40)21-9-7-8-20(16-21)32(33,34)35)43-29-26(23)44-30(42)37(29)17-22(39)36-14-5-4-6-15-36/h7-13,16,23-25H,4-6,14-15,17H2,1-3H3/t23-,24+,25-/m0/s1. The number of piperidine rings is 1. The van der Waals surface area contributed by atoms with Crippen LogP contribution < -0.4 is 9.77 Å². The maximum absolute atomic E-state index is 14.1. The largest absolute Gasteiger partial charge is 0.416 e. The first-order valence-corrected chi connectivity index (χ1v) is 16.3. The lowest BCUT2D eigenvalue weighted by atomic mass is 9.81. The average molecular weight is 644 g/mol. The quantitative estimate of drug-likeness (QED) is 0.325. The lowest BCUT2D eigenvalue weighted by Crippen LogP contribution is -2.39. The Hall–Kier alpha value is -3.38. The minimum Gasteiger partial charge on any atom is -0.341 e. The van der Waals surface area contributed by atoms with Gasteiger partial charge in [-0.15, -0.1) is 0 Å². The van der Waals surface area contributed by atoms with E-state index in [1.54, 1.807) is 4.90 Å². The van der Waals surface area contributed by atoms with Gasteiger partial charge in [0.15, 0.2) is 0 Å². The van der Waals surface area contributed by atoms with E-state index in [1.165, 1.54) is 16.7 Å². The molecule has 44 heavy (non-hydrogen) atoms. The molecule has 0 radical (unpaired) electrons. The summed E-state index contributed by atoms with van der Waals surface area (Å²) in [5, 5.41) is -0.522. The van der Waals surface area contributed by atoms with Gasteiger partial charge in [0.05, 0.1) is 22.2 Å². The predicted octanol–water partition coefficient (Wildman–Crippen LogP) is 6.03. The number of likely N-dealkylation sites (tertiary alicyclic amines) is 1. The van der Waals surface area contributed by atoms with Gasteiger partial charge in [-0.05, 0) is 54.0 Å². The van der Waals surface area contributed by atoms with Crippen molar-refractivity contribution in [3.05, 3.63) is 79.8 Å². The highest BCUT2D eigenvalue weighted by Crippen LogP contribution is 2.54. The molecule has 3 aromatic rings. The number of hydrogen-bond acceptors (Lipinski definition) is 6. The van der Waals surface area contributed by atoms with Crippen molar-refractivity contribution in [1.82, 2.24) is 9.47 Å². The summed E-state index contributed by atoms with van der Waals surface area (Å²) in [5.41, 5.74) is 0.527. The third-order valence-electron chi connectivity index (χ3n) is 8.62. The third kappa shape index (κ3) is 5.40. The molecule has 4 heterocycles. The number of alkyl halides is 3. The Labute approximate surface area is 261 Å². The first-order valence-electron chi connectivity index (χ1n) is 14.6. The topological polar surface area (TPSA) is 79.7 Å². The van der Waals surface area contributed by atoms with E-state index >= 15 is 0 Å². The van der Waals surface area contributed by atoms with E-state index < -0.39 is 40.6 Å². The van der Waals surface area contributed by atoms with E-state index in [9.17, 15) is 32.3 Å². The summed E-state index contributed by atoms with van der Waals surface area (Å²) in [5.74, 6) is -3.07. The lowest BCUT2D eigenvalue weighted by Gasteiger charge is -2.31. The van der Waals surface area contributed by atoms with Crippen molar-refractivity contribution < 1.29 is 27.6 Å². The molecule has 6 rings (SSSR count). The van der Waals surface area contributed by atoms with Crippen molar-refractivity contribution >= 4 is 46.5 Å². The Morgan fingerprint density at radius 2 is 1.59 bits per heavy atom. The number of anilines is 1. The number of carbonyl (C=O) groups is 3. The number of aromatic nitrogens is 1. The van der Waals surface area contributed by atoms with E-state index in [1.807, 2.05) is 24.3 Å². The second kappa shape index (κ2) is 11.2. The Balaban J connectivity index is 1.44. The number of thioether (sulfide) groups is 1. The van der Waals surface area contributed by atoms with Crippen LogP contribution >= 0.6 is 23.1 Å². The van der Waals surface area contributed by atoms with Crippen LogP contribution in [-0.4, -0.2) is 45.5 Å². The maximum Gasteiger partial charge on any atom is 0.416 e. The number of thiazole rings is 1. The molecule has 0 unspecified atom stereocenters. The maximum atomic E-state index is 14.1. The lowest BCUT2D eigenvalue weighted by molar-refractivity contribution is -0.137. The number of rotatable bonds is 4. The zero-order valence-corrected chi connectivity index (χ0v) is 26.2. The second-order valence-corrected chi connectivity index (χ2v) is 14.7. The summed E-state index contributed by atoms with van der Waals surface area (Å²) in [6, 6.07) is 11.9. The summed E-state index contributed by atoms with van der Waals surface area (Å²) >= 11 is 2.02. The number of amides is 3. The summed E-state index contributed by atoms with van der Waals surface area (Å²) < 4.78 is 42.0. The molecule has 2 saturated heterocycles. The van der Waals surface area contributed by atoms with Gasteiger partial charge in [-0.3, -0.25) is 23.7 Å². The van der Waals surface area contributed by atoms with Crippen molar-refractivity contribution in [2.24, 2.45) is 5.92 Å². The van der Waals surface area contributed by atoms with Gasteiger partial charge in [-0.25, -0.2) is 4.90 Å². The van der Waals surface area contributed by atoms with Crippen molar-refractivity contribution in [2.75, 3.05) is 18.0 Å². The number of nitrogens with zero attached hydrogens (tertiary/aromatic N) is 3. The Morgan fingerprint density at radius 1 is 0.909 bits per heavy atom. The predicted molar refractivity (Wildman–Crippen MR) is 163 cm³/mol. The zero-order valence-electron chi connectivity index (χ0n) is 24.5. The SMILES string of the molecule is CC(C)(C)c1ccc([C@@H]2c3sc(=O)n(CC(=O)N4CCCCC4)c3S[C@@H]3C(=O)N(c4cccc(C(F)(F)F)c4)C(=O)[C@H]23)cc1. The fraction of sp³-hybridized carbons (Fsp3) is 0.438. The van der Waals surface area contributed by atoms with Gasteiger partial charge < -0.3 is 4.90 Å². The zero-order chi connectivity index (χ0) is 31.6. The summed E-state index contributed by atoms with van der Waals surface area (Å²) in [6.45, 7) is 7.29. The fourth-order valence-corrected chi connectivity index (χ4v) is 9.03. The highest BCUT2D eigenvalue weighted by molar-refractivity contribution is 8.00. The van der Waals surface area contributed by atoms with Crippen molar-refractivity contribution in [3.8, 4) is 0 Å². The van der Waals surface area contributed by atoms with Gasteiger partial charge in [0.25, 0.3) is 0 Å². The molecule has 3 aliphatic rings. The number of benzene rings is 2. The van der Waals surface area contributed by atoms with E-state index in [0.717, 1.165) is 70.5 Å². The van der Waals surface area contributed by atoms with Crippen LogP contribution in [0, 0.1) is 5.92 Å². The molecule has 1 aromatic heterocycles. The van der Waals surface area contributed by atoms with Crippen LogP contribution in [-0.2, 0) is 32.5 Å². The van der Waals surface area contributed by atoms with Crippen molar-refractivity contribution in [3.63, 3.8) is 0 Å². The highest BCUT2D eigenvalue weighted by Gasteiger charge is 2.57. The van der Waals surface area contributed by atoms with E-state index in [4.69, 9.17) is 0 Å². The minimum absolute atomic E-state index is 0.142. The average Bonchev–Trinajstić information content (AvgIpc) is 3.43. The third-order valence-corrected chi connectivity index (χ3v) is 11.2. The van der Waals surface area contributed by atoms with Gasteiger partial charge in [-0.2, -0.15) is 13.2 Å². The Morgan fingerprint density at radius 3 is 2.23 bits per heavy atom. The Bertz CT molecular complexity index is 1680. The molecule has 232 valence electrons. The molecule has 0 bridgehead atoms. The molecule has 2 aromatic carbocycles. The van der Waals surface area contributed by atoms with Crippen molar-refractivity contribution in [1.29, 1.82) is 0 Å². The van der Waals surface area contributed by atoms with E-state index in [0.29, 0.717) is 23.0 Å². The van der Waals surface area contributed by atoms with Gasteiger partial charge in [-0.1, -0.05) is 74.2 Å². The molecule has 3 aliphatic heterocycles. The first-order chi connectivity index (χ1) is 20.8. The molecule has 2 fully saturated rings. The van der Waals surface area contributed by atoms with E-state index in [2.05, 4.69) is 20.8 Å². The first kappa shape index (κ1) is 30.6. The van der Waals surface area contributed by atoms with E-state index in [-0.39, 0.29) is 28.4 Å². The molecule has 0 spiro atoms. The molecule has 7 nitrogen and oxygen atoms in total. The van der Waals surface area contributed by atoms with Crippen LogP contribution in [0.4, 0.5) is 18.9 Å². The molecule has 3 atom stereocenters. The molecular formula is C32H32F3N3O4S2. The molecule has 0 N–H and O–H groups in total. The van der Waals surface area contributed by atoms with Crippen molar-refractivity contribution in [2.45, 2.75) is 74.4 Å². The van der Waals surface area contributed by atoms with Gasteiger partial charge in [0, 0.05) is 23.9 Å². The molecule has 0 saturated carbocycles. The number of hydrogen-bond donors (Lipinski definition) is 0. The minimum atomic E-state index is -4.65. The molecule has 0 aliphatic carbocycles. The van der Waals surface area contributed by atoms with Crippen LogP contribution in [0.2, 0.25) is 0 Å². The highest BCUT2D eigenvalue weighted by atomic mass is 32.2. The number of imide groups is 1. The number of carbonyl (C=O) groups excluding carboxylic acids is 3. The summed E-state index contributed by atoms with van der Waals surface area (Å²) in [7, 11) is 0. The molecule has 3 amide bonds. The van der Waals surface area contributed by atoms with Crippen LogP contribution in [0.15, 0.2) is 58.4 Å². The van der Waals surface area contributed by atoms with Crippen LogP contribution in [0.25, 0.3) is 0 Å². The smallest absolute Gasteiger partial charge is 0.341 e. The van der Waals surface area contributed by atoms with Gasteiger partial charge >= 0.3 is 11.0 Å². The number of fused-ring (bicyclic) bond motifs is 2. The fourth-order valence-electron chi connectivity index (χ4n) is 6.26. The molecular weight excluding hydrogens is 611 g/mol. The van der Waals surface area contributed by atoms with Crippen LogP contribution in [0.1, 0.15) is 67.5 Å². The second-order valence-electron chi connectivity index (χ2n) is 12.5. The molecule has 12 heteroatoms. The van der Waals surface area contributed by atoms with Gasteiger partial charge in [0.2, 0.25) is 17.7 Å². The Kier molecular flexibility index (Phi) is 7.80. The summed E-state index contributed by atoms with van der Waals surface area (Å²) in [4.78, 5) is 57.5. The normalized spacial score (nSPS) is 22.3. The van der Waals surface area contributed by atoms with Crippen LogP contribution in [0.5, 0.6) is 0 Å². The number of halogens is 3. The summed E-state index contributed by atoms with van der Waals surface area (Å²) in [6.07, 6.45) is -1.81. The monoisotopic (exact) mass is 643 g/mol. The van der Waals surface area contributed by atoms with Gasteiger partial charge in [0.1, 0.15) is 11.8 Å².